The van der Waals surface area contributed by atoms with Gasteiger partial charge in [0.1, 0.15) is 6.54 Å². The van der Waals surface area contributed by atoms with E-state index in [1.54, 1.807) is 22.2 Å². The average molecular weight is 409 g/mol. The summed E-state index contributed by atoms with van der Waals surface area (Å²) in [5.41, 5.74) is 0.0984. The second-order valence-electron chi connectivity index (χ2n) is 7.82. The van der Waals surface area contributed by atoms with Crippen molar-refractivity contribution in [3.05, 3.63) is 39.8 Å². The number of likely N-dealkylation sites (tertiary alicyclic amines) is 2. The number of β-amino-alcohol motifs (C(OH)–C–C–N with tert-alkyl or cyclic N) is 1. The lowest BCUT2D eigenvalue weighted by Crippen LogP contribution is -2.54. The minimum Gasteiger partial charge on any atom is -0.392 e. The molecule has 146 valence electrons. The Morgan fingerprint density at radius 1 is 1.37 bits per heavy atom. The van der Waals surface area contributed by atoms with E-state index in [2.05, 4.69) is 16.1 Å². The fourth-order valence-corrected chi connectivity index (χ4v) is 5.60. The molecule has 4 heterocycles. The highest BCUT2D eigenvalue weighted by atomic mass is 35.5. The van der Waals surface area contributed by atoms with E-state index in [0.29, 0.717) is 13.1 Å². The molecule has 2 aromatic rings. The first-order valence-corrected chi connectivity index (χ1v) is 10.6. The maximum Gasteiger partial charge on any atom is 0.244 e. The van der Waals surface area contributed by atoms with Crippen molar-refractivity contribution in [1.29, 1.82) is 0 Å². The van der Waals surface area contributed by atoms with E-state index >= 15 is 0 Å². The van der Waals surface area contributed by atoms with Crippen LogP contribution >= 0.6 is 22.9 Å². The van der Waals surface area contributed by atoms with Crippen LogP contribution in [0.1, 0.15) is 24.1 Å². The van der Waals surface area contributed by atoms with Crippen molar-refractivity contribution in [1.82, 2.24) is 19.6 Å². The van der Waals surface area contributed by atoms with Crippen LogP contribution in [0.4, 0.5) is 0 Å². The van der Waals surface area contributed by atoms with Gasteiger partial charge in [-0.1, -0.05) is 11.6 Å². The summed E-state index contributed by atoms with van der Waals surface area (Å²) in [7, 11) is 0. The number of amides is 1. The second kappa shape index (κ2) is 7.91. The molecule has 0 radical (unpaired) electrons. The summed E-state index contributed by atoms with van der Waals surface area (Å²) in [4.78, 5) is 18.0. The Kier molecular flexibility index (Phi) is 5.55. The van der Waals surface area contributed by atoms with Gasteiger partial charge < -0.3 is 10.0 Å². The van der Waals surface area contributed by atoms with E-state index in [9.17, 15) is 9.90 Å². The predicted octanol–water partition coefficient (Wildman–Crippen LogP) is 2.47. The van der Waals surface area contributed by atoms with Crippen molar-refractivity contribution >= 4 is 28.8 Å². The third-order valence-electron chi connectivity index (χ3n) is 5.74. The molecule has 1 unspecified atom stereocenters. The van der Waals surface area contributed by atoms with E-state index in [1.807, 2.05) is 23.2 Å². The molecule has 1 spiro atoms. The molecule has 0 saturated carbocycles. The first-order valence-electron chi connectivity index (χ1n) is 9.41. The third-order valence-corrected chi connectivity index (χ3v) is 6.95. The molecule has 1 atom stereocenters. The molecule has 2 aromatic heterocycles. The Morgan fingerprint density at radius 2 is 2.19 bits per heavy atom. The Morgan fingerprint density at radius 3 is 2.85 bits per heavy atom. The first-order chi connectivity index (χ1) is 13.0. The number of halogens is 1. The Balaban J connectivity index is 1.35. The van der Waals surface area contributed by atoms with Crippen molar-refractivity contribution in [2.45, 2.75) is 38.5 Å². The zero-order valence-electron chi connectivity index (χ0n) is 15.3. The highest BCUT2D eigenvalue weighted by Gasteiger charge is 2.42. The standard InChI is InChI=1S/C19H25ClN4O2S/c20-17-3-2-16(27-17)12-22-11-15(25)10-19(14-22)4-8-23(9-5-19)18(26)13-24-7-1-6-21-24/h1-3,6-7,15,25H,4-5,8-14H2. The van der Waals surface area contributed by atoms with Crippen LogP contribution in [0.3, 0.4) is 0 Å². The summed E-state index contributed by atoms with van der Waals surface area (Å²) in [6.07, 6.45) is 5.91. The van der Waals surface area contributed by atoms with Crippen LogP contribution in [-0.4, -0.2) is 62.9 Å². The van der Waals surface area contributed by atoms with E-state index in [1.165, 1.54) is 4.88 Å². The maximum absolute atomic E-state index is 12.5. The molecule has 2 fully saturated rings. The summed E-state index contributed by atoms with van der Waals surface area (Å²) in [5.74, 6) is 0.120. The number of carbonyl (C=O) groups is 1. The van der Waals surface area contributed by atoms with Gasteiger partial charge in [0.15, 0.2) is 0 Å². The molecule has 27 heavy (non-hydrogen) atoms. The zero-order valence-corrected chi connectivity index (χ0v) is 16.8. The van der Waals surface area contributed by atoms with Gasteiger partial charge in [-0.25, -0.2) is 0 Å². The lowest BCUT2D eigenvalue weighted by atomic mass is 9.71. The minimum atomic E-state index is -0.305. The Bertz CT molecular complexity index is 771. The zero-order chi connectivity index (χ0) is 18.9. The number of carbonyl (C=O) groups excluding carboxylic acids is 1. The lowest BCUT2D eigenvalue weighted by Gasteiger charge is -2.49. The van der Waals surface area contributed by atoms with Gasteiger partial charge in [0.25, 0.3) is 0 Å². The van der Waals surface area contributed by atoms with Gasteiger partial charge >= 0.3 is 0 Å². The van der Waals surface area contributed by atoms with Gasteiger partial charge in [-0.05, 0) is 42.9 Å². The maximum atomic E-state index is 12.5. The summed E-state index contributed by atoms with van der Waals surface area (Å²) in [6, 6.07) is 5.83. The molecule has 0 aliphatic carbocycles. The molecular formula is C19H25ClN4O2S. The number of hydrogen-bond donors (Lipinski definition) is 1. The van der Waals surface area contributed by atoms with Crippen molar-refractivity contribution in [2.75, 3.05) is 26.2 Å². The van der Waals surface area contributed by atoms with Crippen LogP contribution in [0.5, 0.6) is 0 Å². The van der Waals surface area contributed by atoms with Gasteiger partial charge in [0.05, 0.1) is 10.4 Å². The Labute approximate surface area is 168 Å². The average Bonchev–Trinajstić information content (AvgIpc) is 3.26. The number of hydrogen-bond acceptors (Lipinski definition) is 5. The molecule has 0 bridgehead atoms. The van der Waals surface area contributed by atoms with Gasteiger partial charge in [-0.2, -0.15) is 5.10 Å². The van der Waals surface area contributed by atoms with Crippen LogP contribution in [0, 0.1) is 5.41 Å². The summed E-state index contributed by atoms with van der Waals surface area (Å²) >= 11 is 7.66. The molecule has 6 nitrogen and oxygen atoms in total. The monoisotopic (exact) mass is 408 g/mol. The van der Waals surface area contributed by atoms with Gasteiger partial charge in [0, 0.05) is 50.0 Å². The largest absolute Gasteiger partial charge is 0.392 e. The highest BCUT2D eigenvalue weighted by Crippen LogP contribution is 2.40. The van der Waals surface area contributed by atoms with Crippen LogP contribution < -0.4 is 0 Å². The number of thiophene rings is 1. The fraction of sp³-hybridized carbons (Fsp3) is 0.579. The predicted molar refractivity (Wildman–Crippen MR) is 106 cm³/mol. The molecule has 1 N–H and O–H groups in total. The first kappa shape index (κ1) is 18.9. The smallest absolute Gasteiger partial charge is 0.244 e. The SMILES string of the molecule is O=C(Cn1cccn1)N1CCC2(CC1)CC(O)CN(Cc1ccc(Cl)s1)C2. The van der Waals surface area contributed by atoms with Crippen LogP contribution in [-0.2, 0) is 17.9 Å². The van der Waals surface area contributed by atoms with Crippen LogP contribution in [0.2, 0.25) is 4.34 Å². The normalized spacial score (nSPS) is 23.0. The Hall–Kier alpha value is -1.41. The molecule has 2 aliphatic rings. The number of rotatable bonds is 4. The van der Waals surface area contributed by atoms with E-state index in [-0.39, 0.29) is 17.4 Å². The summed E-state index contributed by atoms with van der Waals surface area (Å²) in [6.45, 7) is 4.32. The molecule has 0 aromatic carbocycles. The molecule has 4 rings (SSSR count). The quantitative estimate of drug-likeness (QED) is 0.844. The fourth-order valence-electron chi connectivity index (χ4n) is 4.47. The van der Waals surface area contributed by atoms with Crippen molar-refractivity contribution in [3.63, 3.8) is 0 Å². The van der Waals surface area contributed by atoms with Crippen LogP contribution in [0.15, 0.2) is 30.6 Å². The number of aromatic nitrogens is 2. The topological polar surface area (TPSA) is 61.6 Å². The number of aliphatic hydroxyl groups is 1. The summed E-state index contributed by atoms with van der Waals surface area (Å²) in [5, 5.41) is 14.6. The van der Waals surface area contributed by atoms with E-state index in [4.69, 9.17) is 11.6 Å². The van der Waals surface area contributed by atoms with Crippen LogP contribution in [0.25, 0.3) is 0 Å². The molecule has 1 amide bonds. The summed E-state index contributed by atoms with van der Waals surface area (Å²) < 4.78 is 2.48. The molecule has 2 aliphatic heterocycles. The third kappa shape index (κ3) is 4.54. The van der Waals surface area contributed by atoms with Crippen molar-refractivity contribution in [3.8, 4) is 0 Å². The number of nitrogens with zero attached hydrogens (tertiary/aromatic N) is 4. The second-order valence-corrected chi connectivity index (χ2v) is 9.62. The number of piperidine rings is 2. The van der Waals surface area contributed by atoms with E-state index in [0.717, 1.165) is 49.8 Å². The minimum absolute atomic E-state index is 0.0984. The highest BCUT2D eigenvalue weighted by molar-refractivity contribution is 7.16. The van der Waals surface area contributed by atoms with Crippen molar-refractivity contribution in [2.24, 2.45) is 5.41 Å². The van der Waals surface area contributed by atoms with Crippen molar-refractivity contribution < 1.29 is 9.90 Å². The van der Waals surface area contributed by atoms with Gasteiger partial charge in [-0.3, -0.25) is 14.4 Å². The molecule has 2 saturated heterocycles. The molecule has 8 heteroatoms. The molecular weight excluding hydrogens is 384 g/mol. The lowest BCUT2D eigenvalue weighted by molar-refractivity contribution is -0.136. The van der Waals surface area contributed by atoms with Gasteiger partial charge in [-0.15, -0.1) is 11.3 Å². The number of aliphatic hydroxyl groups excluding tert-OH is 1. The van der Waals surface area contributed by atoms with E-state index < -0.39 is 0 Å². The van der Waals surface area contributed by atoms with Gasteiger partial charge in [0.2, 0.25) is 5.91 Å².